The number of benzene rings is 1. The fourth-order valence-electron chi connectivity index (χ4n) is 2.48. The van der Waals surface area contributed by atoms with Crippen LogP contribution in [0.1, 0.15) is 17.2 Å². The molecule has 1 aliphatic heterocycles. The highest BCUT2D eigenvalue weighted by Crippen LogP contribution is 2.38. The Morgan fingerprint density at radius 3 is 3.11 bits per heavy atom. The minimum absolute atomic E-state index is 0.309. The van der Waals surface area contributed by atoms with Gasteiger partial charge in [0.05, 0.1) is 5.69 Å². The summed E-state index contributed by atoms with van der Waals surface area (Å²) in [6, 6.07) is 9.66. The van der Waals surface area contributed by atoms with Crippen LogP contribution in [0.3, 0.4) is 0 Å². The summed E-state index contributed by atoms with van der Waals surface area (Å²) in [5.74, 6) is 1.97. The number of aromatic nitrogens is 1. The first-order chi connectivity index (χ1) is 9.28. The molecule has 0 fully saturated rings. The van der Waals surface area contributed by atoms with Gasteiger partial charge in [0, 0.05) is 23.7 Å². The number of pyridine rings is 1. The van der Waals surface area contributed by atoms with Gasteiger partial charge in [0.25, 0.3) is 0 Å². The van der Waals surface area contributed by atoms with E-state index in [0.717, 1.165) is 30.2 Å². The van der Waals surface area contributed by atoms with Crippen LogP contribution in [-0.4, -0.2) is 18.6 Å². The highest BCUT2D eigenvalue weighted by Gasteiger charge is 2.24. The van der Waals surface area contributed by atoms with E-state index in [-0.39, 0.29) is 0 Å². The van der Waals surface area contributed by atoms with Crippen LogP contribution in [0, 0.1) is 0 Å². The summed E-state index contributed by atoms with van der Waals surface area (Å²) in [6.45, 7) is 0.870. The van der Waals surface area contributed by atoms with Crippen molar-refractivity contribution < 1.29 is 4.74 Å². The lowest BCUT2D eigenvalue weighted by atomic mass is 9.95. The van der Waals surface area contributed by atoms with Crippen LogP contribution < -0.4 is 10.1 Å². The monoisotopic (exact) mass is 274 g/mol. The number of hydrogen-bond acceptors (Lipinski definition) is 3. The van der Waals surface area contributed by atoms with Gasteiger partial charge in [-0.25, -0.2) is 0 Å². The van der Waals surface area contributed by atoms with Crippen molar-refractivity contribution in [2.45, 2.75) is 12.3 Å². The first-order valence-electron chi connectivity index (χ1n) is 6.33. The van der Waals surface area contributed by atoms with Crippen LogP contribution in [0.4, 0.5) is 0 Å². The van der Waals surface area contributed by atoms with Gasteiger partial charge >= 0.3 is 0 Å². The van der Waals surface area contributed by atoms with Gasteiger partial charge in [-0.15, -0.1) is 0 Å². The Hall–Kier alpha value is -1.58. The molecule has 1 aromatic heterocycles. The fourth-order valence-corrected chi connectivity index (χ4v) is 2.65. The third-order valence-corrected chi connectivity index (χ3v) is 3.59. The maximum atomic E-state index is 6.05. The molecule has 0 amide bonds. The third kappa shape index (κ3) is 2.44. The molecule has 3 rings (SSSR count). The zero-order valence-electron chi connectivity index (χ0n) is 10.7. The van der Waals surface area contributed by atoms with Crippen molar-refractivity contribution in [2.24, 2.45) is 0 Å². The number of hydrogen-bond donors (Lipinski definition) is 1. The summed E-state index contributed by atoms with van der Waals surface area (Å²) in [7, 11) is 1.96. The van der Waals surface area contributed by atoms with Gasteiger partial charge < -0.3 is 10.1 Å². The number of fused-ring (bicyclic) bond motifs is 2. The molecule has 0 radical (unpaired) electrons. The van der Waals surface area contributed by atoms with Crippen LogP contribution in [0.25, 0.3) is 0 Å². The predicted octanol–water partition coefficient (Wildman–Crippen LogP) is 3.39. The average molecular weight is 275 g/mol. The fraction of sp³-hybridized carbons (Fsp3) is 0.267. The van der Waals surface area contributed by atoms with Crippen LogP contribution >= 0.6 is 11.6 Å². The molecule has 0 bridgehead atoms. The van der Waals surface area contributed by atoms with E-state index in [0.29, 0.717) is 10.9 Å². The van der Waals surface area contributed by atoms with Crippen molar-refractivity contribution in [3.8, 4) is 11.5 Å². The van der Waals surface area contributed by atoms with Gasteiger partial charge in [-0.1, -0.05) is 17.7 Å². The van der Waals surface area contributed by atoms with Crippen LogP contribution in [0.2, 0.25) is 5.02 Å². The Morgan fingerprint density at radius 1 is 1.37 bits per heavy atom. The van der Waals surface area contributed by atoms with Gasteiger partial charge in [0.15, 0.2) is 0 Å². The molecular formula is C15H15ClN2O. The van der Waals surface area contributed by atoms with Gasteiger partial charge in [0.1, 0.15) is 11.5 Å². The van der Waals surface area contributed by atoms with Crippen molar-refractivity contribution in [3.63, 3.8) is 0 Å². The van der Waals surface area contributed by atoms with Crippen molar-refractivity contribution in [3.05, 3.63) is 52.8 Å². The van der Waals surface area contributed by atoms with E-state index in [1.54, 1.807) is 0 Å². The molecule has 0 saturated carbocycles. The zero-order chi connectivity index (χ0) is 13.2. The normalized spacial score (nSPS) is 17.1. The molecule has 1 N–H and O–H groups in total. The molecule has 0 spiro atoms. The Labute approximate surface area is 117 Å². The largest absolute Gasteiger partial charge is 0.455 e. The van der Waals surface area contributed by atoms with Gasteiger partial charge in [-0.2, -0.15) is 0 Å². The summed E-state index contributed by atoms with van der Waals surface area (Å²) in [5.41, 5.74) is 2.17. The Bertz CT molecular complexity index is 600. The molecule has 0 aliphatic carbocycles. The van der Waals surface area contributed by atoms with Crippen molar-refractivity contribution in [1.82, 2.24) is 10.3 Å². The van der Waals surface area contributed by atoms with Crippen molar-refractivity contribution in [1.29, 1.82) is 0 Å². The quantitative estimate of drug-likeness (QED) is 0.911. The standard InChI is InChI=1S/C15H15ClN2O/c1-17-9-11-7-10-4-5-12(16)8-14(10)19-13-3-2-6-18-15(11)13/h2-6,8,11,17H,7,9H2,1H3. The molecule has 1 unspecified atom stereocenters. The lowest BCUT2D eigenvalue weighted by Crippen LogP contribution is -2.19. The second-order valence-electron chi connectivity index (χ2n) is 4.70. The van der Waals surface area contributed by atoms with E-state index in [4.69, 9.17) is 16.3 Å². The minimum atomic E-state index is 0.309. The summed E-state index contributed by atoms with van der Waals surface area (Å²) in [4.78, 5) is 4.49. The summed E-state index contributed by atoms with van der Waals surface area (Å²) in [6.07, 6.45) is 2.71. The maximum Gasteiger partial charge on any atom is 0.149 e. The number of nitrogens with zero attached hydrogens (tertiary/aromatic N) is 1. The molecule has 1 aliphatic rings. The van der Waals surface area contributed by atoms with E-state index in [2.05, 4.69) is 10.3 Å². The van der Waals surface area contributed by atoms with Crippen molar-refractivity contribution >= 4 is 11.6 Å². The minimum Gasteiger partial charge on any atom is -0.455 e. The average Bonchev–Trinajstić information content (AvgIpc) is 2.56. The topological polar surface area (TPSA) is 34.1 Å². The number of halogens is 1. The summed E-state index contributed by atoms with van der Waals surface area (Å²) < 4.78 is 5.99. The van der Waals surface area contributed by atoms with Gasteiger partial charge in [0.2, 0.25) is 0 Å². The first-order valence-corrected chi connectivity index (χ1v) is 6.71. The Kier molecular flexibility index (Phi) is 3.40. The molecule has 1 aromatic carbocycles. The number of ether oxygens (including phenoxy) is 1. The molecule has 19 heavy (non-hydrogen) atoms. The van der Waals surface area contributed by atoms with E-state index < -0.39 is 0 Å². The Morgan fingerprint density at radius 2 is 2.26 bits per heavy atom. The highest BCUT2D eigenvalue weighted by atomic mass is 35.5. The smallest absolute Gasteiger partial charge is 0.149 e. The summed E-state index contributed by atoms with van der Waals surface area (Å²) in [5, 5.41) is 3.92. The maximum absolute atomic E-state index is 6.05. The molecule has 4 heteroatoms. The number of rotatable bonds is 2. The second kappa shape index (κ2) is 5.19. The van der Waals surface area contributed by atoms with Crippen LogP contribution in [0.5, 0.6) is 11.5 Å². The summed E-state index contributed by atoms with van der Waals surface area (Å²) >= 11 is 6.05. The number of nitrogens with one attached hydrogen (secondary N) is 1. The molecule has 98 valence electrons. The predicted molar refractivity (Wildman–Crippen MR) is 76.1 cm³/mol. The van der Waals surface area contributed by atoms with Crippen LogP contribution in [-0.2, 0) is 6.42 Å². The molecule has 2 heterocycles. The lowest BCUT2D eigenvalue weighted by molar-refractivity contribution is 0.474. The SMILES string of the molecule is CNCC1Cc2ccc(Cl)cc2Oc2cccnc21. The molecular weight excluding hydrogens is 260 g/mol. The highest BCUT2D eigenvalue weighted by molar-refractivity contribution is 6.30. The third-order valence-electron chi connectivity index (χ3n) is 3.35. The first kappa shape index (κ1) is 12.5. The van der Waals surface area contributed by atoms with E-state index in [9.17, 15) is 0 Å². The molecule has 2 aromatic rings. The molecule has 0 saturated heterocycles. The van der Waals surface area contributed by atoms with Gasteiger partial charge in [-0.05, 0) is 43.3 Å². The zero-order valence-corrected chi connectivity index (χ0v) is 11.4. The lowest BCUT2D eigenvalue weighted by Gasteiger charge is -2.14. The van der Waals surface area contributed by atoms with Crippen LogP contribution in [0.15, 0.2) is 36.5 Å². The van der Waals surface area contributed by atoms with Crippen molar-refractivity contribution in [2.75, 3.05) is 13.6 Å². The van der Waals surface area contributed by atoms with E-state index in [1.807, 2.05) is 43.6 Å². The molecule has 3 nitrogen and oxygen atoms in total. The number of likely N-dealkylation sites (N-methyl/N-ethyl adjacent to an activating group) is 1. The Balaban J connectivity index is 2.09. The van der Waals surface area contributed by atoms with E-state index in [1.165, 1.54) is 5.56 Å². The second-order valence-corrected chi connectivity index (χ2v) is 5.14. The van der Waals surface area contributed by atoms with E-state index >= 15 is 0 Å². The molecule has 1 atom stereocenters. The van der Waals surface area contributed by atoms with Gasteiger partial charge in [-0.3, -0.25) is 4.98 Å².